The molecule has 0 aliphatic rings. The lowest BCUT2D eigenvalue weighted by Crippen LogP contribution is -1.85. The number of ether oxygens (including phenoxy) is 1. The standard InChI is InChI=1S/C15H15N3O/c1-16-15-9-14(17-18-15)12-4-3-11-8-13(19-2)6-5-10(11)7-12/h3-9H,1-2H3,(H2,16,17,18). The van der Waals surface area contributed by atoms with Crippen molar-refractivity contribution >= 4 is 16.6 Å². The van der Waals surface area contributed by atoms with Crippen molar-refractivity contribution in [3.05, 3.63) is 42.5 Å². The number of nitrogens with zero attached hydrogens (tertiary/aromatic N) is 1. The second-order valence-corrected chi connectivity index (χ2v) is 4.34. The van der Waals surface area contributed by atoms with Crippen LogP contribution < -0.4 is 10.1 Å². The molecule has 0 bridgehead atoms. The number of aromatic amines is 1. The Morgan fingerprint density at radius 3 is 2.58 bits per heavy atom. The fourth-order valence-electron chi connectivity index (χ4n) is 2.12. The molecule has 0 fully saturated rings. The van der Waals surface area contributed by atoms with Crippen LogP contribution in [0.25, 0.3) is 22.0 Å². The Hall–Kier alpha value is -2.49. The molecule has 1 heterocycles. The van der Waals surface area contributed by atoms with Gasteiger partial charge in [0.1, 0.15) is 11.6 Å². The largest absolute Gasteiger partial charge is 0.497 e. The van der Waals surface area contributed by atoms with Crippen LogP contribution >= 0.6 is 0 Å². The molecular formula is C15H15N3O. The predicted molar refractivity (Wildman–Crippen MR) is 77.6 cm³/mol. The minimum absolute atomic E-state index is 0.838. The number of benzene rings is 2. The second kappa shape index (κ2) is 4.65. The van der Waals surface area contributed by atoms with Crippen LogP contribution in [0, 0.1) is 0 Å². The molecule has 0 saturated heterocycles. The van der Waals surface area contributed by atoms with Crippen molar-refractivity contribution in [1.82, 2.24) is 10.2 Å². The summed E-state index contributed by atoms with van der Waals surface area (Å²) in [6.45, 7) is 0. The number of methoxy groups -OCH3 is 1. The van der Waals surface area contributed by atoms with E-state index in [0.717, 1.165) is 28.2 Å². The van der Waals surface area contributed by atoms with Crippen LogP contribution in [0.15, 0.2) is 42.5 Å². The Morgan fingerprint density at radius 1 is 1.05 bits per heavy atom. The van der Waals surface area contributed by atoms with Crippen LogP contribution in [0.1, 0.15) is 0 Å². The van der Waals surface area contributed by atoms with Crippen LogP contribution in [0.3, 0.4) is 0 Å². The molecular weight excluding hydrogens is 238 g/mol. The minimum atomic E-state index is 0.838. The second-order valence-electron chi connectivity index (χ2n) is 4.34. The van der Waals surface area contributed by atoms with Crippen molar-refractivity contribution in [2.24, 2.45) is 0 Å². The van der Waals surface area contributed by atoms with Gasteiger partial charge in [0, 0.05) is 18.7 Å². The van der Waals surface area contributed by atoms with E-state index >= 15 is 0 Å². The lowest BCUT2D eigenvalue weighted by atomic mass is 10.0. The van der Waals surface area contributed by atoms with Crippen molar-refractivity contribution in [3.8, 4) is 17.0 Å². The first-order valence-corrected chi connectivity index (χ1v) is 6.11. The van der Waals surface area contributed by atoms with E-state index in [2.05, 4.69) is 39.8 Å². The summed E-state index contributed by atoms with van der Waals surface area (Å²) < 4.78 is 5.23. The lowest BCUT2D eigenvalue weighted by molar-refractivity contribution is 0.415. The molecule has 0 amide bonds. The summed E-state index contributed by atoms with van der Waals surface area (Å²) in [6.07, 6.45) is 0. The Balaban J connectivity index is 2.06. The summed E-state index contributed by atoms with van der Waals surface area (Å²) in [5.74, 6) is 1.71. The number of H-pyrrole nitrogens is 1. The average Bonchev–Trinajstić information content (AvgIpc) is 2.95. The summed E-state index contributed by atoms with van der Waals surface area (Å²) in [5.41, 5.74) is 2.12. The number of fused-ring (bicyclic) bond motifs is 1. The van der Waals surface area contributed by atoms with Crippen molar-refractivity contribution in [3.63, 3.8) is 0 Å². The van der Waals surface area contributed by atoms with Gasteiger partial charge in [-0.25, -0.2) is 0 Å². The zero-order valence-electron chi connectivity index (χ0n) is 10.9. The van der Waals surface area contributed by atoms with Gasteiger partial charge >= 0.3 is 0 Å². The van der Waals surface area contributed by atoms with E-state index in [1.807, 2.05) is 25.2 Å². The number of anilines is 1. The zero-order valence-corrected chi connectivity index (χ0v) is 10.9. The van der Waals surface area contributed by atoms with Crippen molar-refractivity contribution in [2.75, 3.05) is 19.5 Å². The van der Waals surface area contributed by atoms with Gasteiger partial charge in [-0.05, 0) is 29.0 Å². The van der Waals surface area contributed by atoms with E-state index in [4.69, 9.17) is 4.74 Å². The molecule has 2 N–H and O–H groups in total. The van der Waals surface area contributed by atoms with Crippen LogP contribution in [0.2, 0.25) is 0 Å². The van der Waals surface area contributed by atoms with Gasteiger partial charge in [-0.2, -0.15) is 5.10 Å². The first-order chi connectivity index (χ1) is 9.30. The molecule has 0 aliphatic carbocycles. The molecule has 2 aromatic carbocycles. The maximum absolute atomic E-state index is 5.23. The summed E-state index contributed by atoms with van der Waals surface area (Å²) in [5, 5.41) is 12.5. The van der Waals surface area contributed by atoms with Crippen LogP contribution in [-0.4, -0.2) is 24.4 Å². The molecule has 19 heavy (non-hydrogen) atoms. The van der Waals surface area contributed by atoms with Crippen LogP contribution in [0.4, 0.5) is 5.82 Å². The fourth-order valence-corrected chi connectivity index (χ4v) is 2.12. The predicted octanol–water partition coefficient (Wildman–Crippen LogP) is 3.28. The van der Waals surface area contributed by atoms with E-state index in [1.165, 1.54) is 5.39 Å². The molecule has 0 aliphatic heterocycles. The van der Waals surface area contributed by atoms with E-state index < -0.39 is 0 Å². The van der Waals surface area contributed by atoms with Gasteiger partial charge in [0.2, 0.25) is 0 Å². The highest BCUT2D eigenvalue weighted by atomic mass is 16.5. The van der Waals surface area contributed by atoms with E-state index in [0.29, 0.717) is 0 Å². The van der Waals surface area contributed by atoms with Crippen LogP contribution in [0.5, 0.6) is 5.75 Å². The third-order valence-corrected chi connectivity index (χ3v) is 3.19. The maximum atomic E-state index is 5.23. The summed E-state index contributed by atoms with van der Waals surface area (Å²) >= 11 is 0. The summed E-state index contributed by atoms with van der Waals surface area (Å²) in [7, 11) is 3.53. The minimum Gasteiger partial charge on any atom is -0.497 e. The van der Waals surface area contributed by atoms with Gasteiger partial charge in [0.05, 0.1) is 12.8 Å². The molecule has 1 aromatic heterocycles. The van der Waals surface area contributed by atoms with Crippen LogP contribution in [-0.2, 0) is 0 Å². The number of nitrogens with one attached hydrogen (secondary N) is 2. The normalized spacial score (nSPS) is 10.6. The first-order valence-electron chi connectivity index (χ1n) is 6.11. The van der Waals surface area contributed by atoms with E-state index in [9.17, 15) is 0 Å². The van der Waals surface area contributed by atoms with E-state index in [1.54, 1.807) is 7.11 Å². The Labute approximate surface area is 111 Å². The van der Waals surface area contributed by atoms with Crippen molar-refractivity contribution < 1.29 is 4.74 Å². The molecule has 0 saturated carbocycles. The first kappa shape index (κ1) is 11.6. The molecule has 3 aromatic rings. The molecule has 0 atom stereocenters. The number of aromatic nitrogens is 2. The van der Waals surface area contributed by atoms with Gasteiger partial charge in [-0.15, -0.1) is 0 Å². The van der Waals surface area contributed by atoms with Gasteiger partial charge in [0.15, 0.2) is 0 Å². The lowest BCUT2D eigenvalue weighted by Gasteiger charge is -2.04. The smallest absolute Gasteiger partial charge is 0.148 e. The SMILES string of the molecule is CNc1cc(-c2ccc3cc(OC)ccc3c2)[nH]n1. The number of hydrogen-bond acceptors (Lipinski definition) is 3. The highest BCUT2D eigenvalue weighted by molar-refractivity contribution is 5.88. The number of rotatable bonds is 3. The molecule has 4 heteroatoms. The Bertz CT molecular complexity index is 718. The highest BCUT2D eigenvalue weighted by Gasteiger charge is 2.04. The van der Waals surface area contributed by atoms with Gasteiger partial charge < -0.3 is 10.1 Å². The Kier molecular flexibility index (Phi) is 2.83. The molecule has 3 rings (SSSR count). The topological polar surface area (TPSA) is 49.9 Å². The molecule has 4 nitrogen and oxygen atoms in total. The Morgan fingerprint density at radius 2 is 1.84 bits per heavy atom. The van der Waals surface area contributed by atoms with Gasteiger partial charge in [-0.3, -0.25) is 5.10 Å². The zero-order chi connectivity index (χ0) is 13.2. The van der Waals surface area contributed by atoms with E-state index in [-0.39, 0.29) is 0 Å². The number of hydrogen-bond donors (Lipinski definition) is 2. The molecule has 0 radical (unpaired) electrons. The summed E-state index contributed by atoms with van der Waals surface area (Å²) in [4.78, 5) is 0. The van der Waals surface area contributed by atoms with Gasteiger partial charge in [-0.1, -0.05) is 18.2 Å². The fraction of sp³-hybridized carbons (Fsp3) is 0.133. The molecule has 0 unspecified atom stereocenters. The molecule has 0 spiro atoms. The third-order valence-electron chi connectivity index (χ3n) is 3.19. The monoisotopic (exact) mass is 253 g/mol. The van der Waals surface area contributed by atoms with Crippen molar-refractivity contribution in [2.45, 2.75) is 0 Å². The highest BCUT2D eigenvalue weighted by Crippen LogP contribution is 2.26. The third kappa shape index (κ3) is 2.12. The van der Waals surface area contributed by atoms with Gasteiger partial charge in [0.25, 0.3) is 0 Å². The quantitative estimate of drug-likeness (QED) is 0.753. The average molecular weight is 253 g/mol. The molecule has 96 valence electrons. The van der Waals surface area contributed by atoms with Crippen molar-refractivity contribution in [1.29, 1.82) is 0 Å². The summed E-state index contributed by atoms with van der Waals surface area (Å²) in [6, 6.07) is 14.4. The maximum Gasteiger partial charge on any atom is 0.148 e.